The predicted molar refractivity (Wildman–Crippen MR) is 159 cm³/mol. The van der Waals surface area contributed by atoms with Gasteiger partial charge in [0.15, 0.2) is 0 Å². The van der Waals surface area contributed by atoms with Crippen LogP contribution in [0.15, 0.2) is 79.0 Å². The van der Waals surface area contributed by atoms with E-state index in [1.807, 2.05) is 48.5 Å². The first-order chi connectivity index (χ1) is 19.1. The van der Waals surface area contributed by atoms with Gasteiger partial charge in [0, 0.05) is 41.8 Å². The predicted octanol–water partition coefficient (Wildman–Crippen LogP) is 5.00. The largest absolute Gasteiger partial charge is 0.497 e. The van der Waals surface area contributed by atoms with Gasteiger partial charge in [0.25, 0.3) is 0 Å². The van der Waals surface area contributed by atoms with Gasteiger partial charge in [0.05, 0.1) is 19.6 Å². The summed E-state index contributed by atoms with van der Waals surface area (Å²) < 4.78 is 7.33. The highest BCUT2D eigenvalue weighted by Crippen LogP contribution is 2.19. The first-order valence-corrected chi connectivity index (χ1v) is 13.7. The number of β-amino-alcohol motifs (C(OH)–C–C–N with tert-alkyl or cyclic N) is 1. The number of benzene rings is 2. The SMILES string of the molecule is COc1cccc(CNC(=O)Cc2ccc(CC(C)(C)NC[C@@H](O)c3ccc(-n4c(C)ccc4C)nc3)cc2)c1. The number of pyridine rings is 1. The monoisotopic (exact) mass is 540 g/mol. The van der Waals surface area contributed by atoms with Crippen molar-refractivity contribution in [2.24, 2.45) is 0 Å². The summed E-state index contributed by atoms with van der Waals surface area (Å²) in [5.74, 6) is 1.61. The number of nitrogens with zero attached hydrogens (tertiary/aromatic N) is 2. The maximum Gasteiger partial charge on any atom is 0.224 e. The van der Waals surface area contributed by atoms with E-state index < -0.39 is 6.10 Å². The maximum absolute atomic E-state index is 12.4. The quantitative estimate of drug-likeness (QED) is 0.235. The number of carbonyl (C=O) groups is 1. The summed E-state index contributed by atoms with van der Waals surface area (Å²) in [5, 5.41) is 17.3. The Bertz CT molecular complexity index is 1390. The van der Waals surface area contributed by atoms with Crippen molar-refractivity contribution in [3.63, 3.8) is 0 Å². The topological polar surface area (TPSA) is 88.4 Å². The second-order valence-electron chi connectivity index (χ2n) is 11.0. The molecule has 4 aromatic rings. The first-order valence-electron chi connectivity index (χ1n) is 13.7. The fourth-order valence-electron chi connectivity index (χ4n) is 4.83. The number of hydrogen-bond acceptors (Lipinski definition) is 5. The van der Waals surface area contributed by atoms with Crippen LogP contribution in [0, 0.1) is 13.8 Å². The summed E-state index contributed by atoms with van der Waals surface area (Å²) >= 11 is 0. The second kappa shape index (κ2) is 12.9. The molecule has 0 fully saturated rings. The van der Waals surface area contributed by atoms with E-state index in [1.54, 1.807) is 13.3 Å². The molecule has 0 aliphatic heterocycles. The number of aryl methyl sites for hydroxylation is 2. The molecule has 210 valence electrons. The molecule has 40 heavy (non-hydrogen) atoms. The van der Waals surface area contributed by atoms with Crippen LogP contribution in [0.4, 0.5) is 0 Å². The molecule has 7 nitrogen and oxygen atoms in total. The van der Waals surface area contributed by atoms with Crippen molar-refractivity contribution in [3.05, 3.63) is 113 Å². The van der Waals surface area contributed by atoms with Gasteiger partial charge in [0.2, 0.25) is 5.91 Å². The molecule has 2 aromatic heterocycles. The van der Waals surface area contributed by atoms with Crippen LogP contribution in [-0.4, -0.2) is 39.8 Å². The minimum atomic E-state index is -0.662. The minimum Gasteiger partial charge on any atom is -0.497 e. The van der Waals surface area contributed by atoms with Crippen LogP contribution in [0.25, 0.3) is 5.82 Å². The molecule has 0 unspecified atom stereocenters. The molecule has 4 rings (SSSR count). The van der Waals surface area contributed by atoms with Gasteiger partial charge in [-0.2, -0.15) is 0 Å². The molecule has 0 radical (unpaired) electrons. The van der Waals surface area contributed by atoms with Crippen LogP contribution >= 0.6 is 0 Å². The molecular formula is C33H40N4O3. The van der Waals surface area contributed by atoms with E-state index in [2.05, 4.69) is 72.1 Å². The summed E-state index contributed by atoms with van der Waals surface area (Å²) in [6.07, 6.45) is 2.20. The number of amides is 1. The Hall–Kier alpha value is -3.94. The summed E-state index contributed by atoms with van der Waals surface area (Å²) in [7, 11) is 1.63. The third-order valence-corrected chi connectivity index (χ3v) is 7.09. The number of methoxy groups -OCH3 is 1. The number of aliphatic hydroxyl groups excluding tert-OH is 1. The molecule has 1 amide bonds. The second-order valence-corrected chi connectivity index (χ2v) is 11.0. The van der Waals surface area contributed by atoms with Crippen LogP contribution in [0.2, 0.25) is 0 Å². The number of aliphatic hydroxyl groups is 1. The summed E-state index contributed by atoms with van der Waals surface area (Å²) in [6, 6.07) is 23.9. The summed E-state index contributed by atoms with van der Waals surface area (Å²) in [5.41, 5.74) is 5.93. The minimum absolute atomic E-state index is 0.0206. The van der Waals surface area contributed by atoms with Gasteiger partial charge in [-0.1, -0.05) is 42.5 Å². The van der Waals surface area contributed by atoms with Gasteiger partial charge in [-0.25, -0.2) is 4.98 Å². The van der Waals surface area contributed by atoms with Crippen molar-refractivity contribution in [1.82, 2.24) is 20.2 Å². The van der Waals surface area contributed by atoms with Crippen molar-refractivity contribution in [2.45, 2.75) is 58.7 Å². The molecule has 0 spiro atoms. The molecule has 0 saturated carbocycles. The summed E-state index contributed by atoms with van der Waals surface area (Å²) in [6.45, 7) is 9.24. The zero-order valence-corrected chi connectivity index (χ0v) is 24.1. The third-order valence-electron chi connectivity index (χ3n) is 7.09. The highest BCUT2D eigenvalue weighted by Gasteiger charge is 2.20. The van der Waals surface area contributed by atoms with E-state index in [4.69, 9.17) is 4.74 Å². The molecule has 0 saturated heterocycles. The van der Waals surface area contributed by atoms with Gasteiger partial charge >= 0.3 is 0 Å². The number of nitrogens with one attached hydrogen (secondary N) is 2. The van der Waals surface area contributed by atoms with Crippen LogP contribution < -0.4 is 15.4 Å². The van der Waals surface area contributed by atoms with E-state index in [-0.39, 0.29) is 11.4 Å². The smallest absolute Gasteiger partial charge is 0.224 e. The zero-order chi connectivity index (χ0) is 28.7. The van der Waals surface area contributed by atoms with E-state index in [0.29, 0.717) is 19.5 Å². The number of hydrogen-bond donors (Lipinski definition) is 3. The van der Waals surface area contributed by atoms with Gasteiger partial charge in [0.1, 0.15) is 11.6 Å². The van der Waals surface area contributed by atoms with Crippen molar-refractivity contribution in [1.29, 1.82) is 0 Å². The molecule has 2 heterocycles. The molecule has 1 atom stereocenters. The maximum atomic E-state index is 12.4. The van der Waals surface area contributed by atoms with E-state index in [9.17, 15) is 9.90 Å². The van der Waals surface area contributed by atoms with Crippen molar-refractivity contribution in [2.75, 3.05) is 13.7 Å². The Labute approximate surface area is 237 Å². The van der Waals surface area contributed by atoms with Crippen molar-refractivity contribution >= 4 is 5.91 Å². The fourth-order valence-corrected chi connectivity index (χ4v) is 4.83. The Morgan fingerprint density at radius 2 is 1.68 bits per heavy atom. The Morgan fingerprint density at radius 1 is 0.975 bits per heavy atom. The summed E-state index contributed by atoms with van der Waals surface area (Å²) in [4.78, 5) is 17.0. The van der Waals surface area contributed by atoms with Crippen LogP contribution in [0.3, 0.4) is 0 Å². The Morgan fingerprint density at radius 3 is 2.33 bits per heavy atom. The van der Waals surface area contributed by atoms with Crippen LogP contribution in [0.1, 0.15) is 53.6 Å². The number of aromatic nitrogens is 2. The Balaban J connectivity index is 1.25. The lowest BCUT2D eigenvalue weighted by Gasteiger charge is -2.28. The van der Waals surface area contributed by atoms with Gasteiger partial charge in [-0.3, -0.25) is 4.79 Å². The van der Waals surface area contributed by atoms with E-state index in [1.165, 1.54) is 0 Å². The number of rotatable bonds is 12. The molecule has 2 aromatic carbocycles. The zero-order valence-electron chi connectivity index (χ0n) is 24.1. The van der Waals surface area contributed by atoms with E-state index >= 15 is 0 Å². The average Bonchev–Trinajstić information content (AvgIpc) is 3.29. The normalized spacial score (nSPS) is 12.2. The molecule has 7 heteroatoms. The van der Waals surface area contributed by atoms with Crippen LogP contribution in [-0.2, 0) is 24.2 Å². The fraction of sp³-hybridized carbons (Fsp3) is 0.333. The third kappa shape index (κ3) is 7.81. The van der Waals surface area contributed by atoms with Crippen molar-refractivity contribution < 1.29 is 14.6 Å². The lowest BCUT2D eigenvalue weighted by atomic mass is 9.93. The molecule has 0 aliphatic carbocycles. The van der Waals surface area contributed by atoms with Gasteiger partial charge in [-0.05, 0) is 81.1 Å². The molecule has 0 aliphatic rings. The standard InChI is InChI=1S/C33H40N4O3/c1-23-9-10-24(2)37(23)31-16-15-28(21-34-31)30(38)22-36-33(3,4)19-26-13-11-25(12-14-26)18-32(39)35-20-27-7-6-8-29(17-27)40-5/h6-17,21,30,36,38H,18-20,22H2,1-5H3,(H,35,39)/t30-/m1/s1. The highest BCUT2D eigenvalue weighted by molar-refractivity contribution is 5.78. The molecule has 3 N–H and O–H groups in total. The number of ether oxygens (including phenoxy) is 1. The average molecular weight is 541 g/mol. The lowest BCUT2D eigenvalue weighted by molar-refractivity contribution is -0.120. The highest BCUT2D eigenvalue weighted by atomic mass is 16.5. The van der Waals surface area contributed by atoms with Crippen molar-refractivity contribution in [3.8, 4) is 11.6 Å². The molecular weight excluding hydrogens is 500 g/mol. The van der Waals surface area contributed by atoms with Gasteiger partial charge in [-0.15, -0.1) is 0 Å². The van der Waals surface area contributed by atoms with Crippen LogP contribution in [0.5, 0.6) is 5.75 Å². The lowest BCUT2D eigenvalue weighted by Crippen LogP contribution is -2.43. The van der Waals surface area contributed by atoms with E-state index in [0.717, 1.165) is 51.6 Å². The molecule has 0 bridgehead atoms. The first kappa shape index (κ1) is 29.1. The Kier molecular flexibility index (Phi) is 9.40. The van der Waals surface area contributed by atoms with Gasteiger partial charge < -0.3 is 25.0 Å². The number of carbonyl (C=O) groups excluding carboxylic acids is 1.